The van der Waals surface area contributed by atoms with Gasteiger partial charge in [-0.15, -0.1) is 0 Å². The van der Waals surface area contributed by atoms with Gasteiger partial charge in [-0.1, -0.05) is 30.3 Å². The van der Waals surface area contributed by atoms with Crippen molar-refractivity contribution in [1.29, 1.82) is 0 Å². The third-order valence-electron chi connectivity index (χ3n) is 5.36. The molecule has 26 heavy (non-hydrogen) atoms. The van der Waals surface area contributed by atoms with Gasteiger partial charge in [0.2, 0.25) is 5.69 Å². The second kappa shape index (κ2) is 5.43. The molecule has 3 aromatic carbocycles. The van der Waals surface area contributed by atoms with Gasteiger partial charge >= 0.3 is 0 Å². The van der Waals surface area contributed by atoms with Crippen molar-refractivity contribution in [3.8, 4) is 11.3 Å². The van der Waals surface area contributed by atoms with Gasteiger partial charge in [0.15, 0.2) is 6.20 Å². The molecular weight excluding hydrogens is 318 g/mol. The van der Waals surface area contributed by atoms with Crippen LogP contribution in [0.15, 0.2) is 71.3 Å². The Morgan fingerprint density at radius 1 is 0.846 bits per heavy atom. The van der Waals surface area contributed by atoms with Crippen LogP contribution in [0.4, 0.5) is 0 Å². The van der Waals surface area contributed by atoms with E-state index in [1.54, 1.807) is 0 Å². The molecule has 0 atom stereocenters. The molecule has 0 aliphatic rings. The molecule has 0 fully saturated rings. The first-order valence-corrected chi connectivity index (χ1v) is 8.94. The van der Waals surface area contributed by atoms with Gasteiger partial charge < -0.3 is 4.42 Å². The van der Waals surface area contributed by atoms with E-state index in [0.717, 1.165) is 11.2 Å². The normalized spacial score (nSPS) is 11.7. The van der Waals surface area contributed by atoms with Gasteiger partial charge in [-0.25, -0.2) is 4.57 Å². The quantitative estimate of drug-likeness (QED) is 0.351. The van der Waals surface area contributed by atoms with Gasteiger partial charge in [0.05, 0.1) is 5.56 Å². The summed E-state index contributed by atoms with van der Waals surface area (Å²) in [5.41, 5.74) is 6.79. The lowest BCUT2D eigenvalue weighted by Gasteiger charge is -2.06. The maximum absolute atomic E-state index is 6.31. The van der Waals surface area contributed by atoms with Crippen LogP contribution in [0, 0.1) is 13.8 Å². The predicted octanol–water partition coefficient (Wildman–Crippen LogP) is 5.85. The summed E-state index contributed by atoms with van der Waals surface area (Å²) in [6.45, 7) is 4.29. The molecule has 0 saturated carbocycles. The zero-order valence-corrected chi connectivity index (χ0v) is 15.2. The molecule has 2 aromatic heterocycles. The largest absolute Gasteiger partial charge is 0.456 e. The summed E-state index contributed by atoms with van der Waals surface area (Å²) in [4.78, 5) is 0. The smallest absolute Gasteiger partial charge is 0.212 e. The van der Waals surface area contributed by atoms with Crippen molar-refractivity contribution in [3.63, 3.8) is 0 Å². The molecule has 0 amide bonds. The number of hydrogen-bond donors (Lipinski definition) is 0. The van der Waals surface area contributed by atoms with E-state index in [1.165, 1.54) is 43.9 Å². The van der Waals surface area contributed by atoms with E-state index >= 15 is 0 Å². The molecule has 0 bridgehead atoms. The predicted molar refractivity (Wildman–Crippen MR) is 107 cm³/mol. The molecule has 0 unspecified atom stereocenters. The topological polar surface area (TPSA) is 17.0 Å². The summed E-state index contributed by atoms with van der Waals surface area (Å²) in [6, 6.07) is 21.5. The number of pyridine rings is 1. The minimum Gasteiger partial charge on any atom is -0.456 e. The van der Waals surface area contributed by atoms with Crippen LogP contribution in [-0.2, 0) is 7.05 Å². The number of aryl methyl sites for hydroxylation is 3. The molecule has 2 heterocycles. The van der Waals surface area contributed by atoms with Crippen molar-refractivity contribution in [1.82, 2.24) is 0 Å². The van der Waals surface area contributed by atoms with Crippen molar-refractivity contribution in [2.75, 3.05) is 0 Å². The Hall–Kier alpha value is -3.13. The van der Waals surface area contributed by atoms with E-state index in [4.69, 9.17) is 4.42 Å². The Kier molecular flexibility index (Phi) is 3.17. The van der Waals surface area contributed by atoms with Crippen LogP contribution in [0.1, 0.15) is 11.1 Å². The minimum atomic E-state index is 0.951. The zero-order valence-electron chi connectivity index (χ0n) is 15.2. The van der Waals surface area contributed by atoms with Gasteiger partial charge in [-0.05, 0) is 48.4 Å². The van der Waals surface area contributed by atoms with E-state index in [-0.39, 0.29) is 0 Å². The fourth-order valence-corrected chi connectivity index (χ4v) is 3.96. The second-order valence-electron chi connectivity index (χ2n) is 7.08. The van der Waals surface area contributed by atoms with Crippen LogP contribution in [-0.4, -0.2) is 0 Å². The van der Waals surface area contributed by atoms with E-state index in [2.05, 4.69) is 92.3 Å². The number of furan rings is 1. The fraction of sp³-hybridized carbons (Fsp3) is 0.125. The Labute approximate surface area is 152 Å². The average Bonchev–Trinajstić information content (AvgIpc) is 3.04. The molecule has 0 aliphatic heterocycles. The van der Waals surface area contributed by atoms with E-state index in [9.17, 15) is 0 Å². The van der Waals surface area contributed by atoms with Gasteiger partial charge in [0, 0.05) is 28.5 Å². The highest BCUT2D eigenvalue weighted by Crippen LogP contribution is 2.38. The van der Waals surface area contributed by atoms with Crippen molar-refractivity contribution < 1.29 is 8.98 Å². The molecule has 0 N–H and O–H groups in total. The molecule has 0 radical (unpaired) electrons. The second-order valence-corrected chi connectivity index (χ2v) is 7.08. The third kappa shape index (κ3) is 2.08. The van der Waals surface area contributed by atoms with Crippen LogP contribution in [0.5, 0.6) is 0 Å². The van der Waals surface area contributed by atoms with Crippen molar-refractivity contribution in [2.45, 2.75) is 13.8 Å². The molecule has 2 nitrogen and oxygen atoms in total. The Morgan fingerprint density at radius 3 is 2.58 bits per heavy atom. The van der Waals surface area contributed by atoms with E-state index in [1.807, 2.05) is 0 Å². The first kappa shape index (κ1) is 15.2. The summed E-state index contributed by atoms with van der Waals surface area (Å²) < 4.78 is 8.48. The van der Waals surface area contributed by atoms with Gasteiger partial charge in [-0.2, -0.15) is 0 Å². The first-order chi connectivity index (χ1) is 12.6. The Balaban J connectivity index is 1.88. The Bertz CT molecular complexity index is 1310. The van der Waals surface area contributed by atoms with Gasteiger partial charge in [0.1, 0.15) is 18.2 Å². The van der Waals surface area contributed by atoms with Crippen molar-refractivity contribution in [3.05, 3.63) is 78.0 Å². The van der Waals surface area contributed by atoms with Crippen LogP contribution in [0.2, 0.25) is 0 Å². The zero-order chi connectivity index (χ0) is 17.8. The third-order valence-corrected chi connectivity index (χ3v) is 5.36. The molecule has 5 rings (SSSR count). The number of rotatable bonds is 1. The van der Waals surface area contributed by atoms with E-state index in [0.29, 0.717) is 0 Å². The number of hydrogen-bond acceptors (Lipinski definition) is 1. The van der Waals surface area contributed by atoms with Crippen LogP contribution < -0.4 is 4.57 Å². The first-order valence-electron chi connectivity index (χ1n) is 8.94. The average molecular weight is 338 g/mol. The molecular formula is C24H20NO+. The minimum absolute atomic E-state index is 0.951. The van der Waals surface area contributed by atoms with Crippen LogP contribution in [0.3, 0.4) is 0 Å². The van der Waals surface area contributed by atoms with Gasteiger partial charge in [-0.3, -0.25) is 0 Å². The number of fused-ring (bicyclic) bond motifs is 5. The summed E-state index contributed by atoms with van der Waals surface area (Å²) >= 11 is 0. The maximum Gasteiger partial charge on any atom is 0.212 e. The van der Waals surface area contributed by atoms with E-state index < -0.39 is 0 Å². The molecule has 126 valence electrons. The standard InChI is InChI=1S/C24H20NO/c1-15-12-13-25(3)21(14-15)18-9-10-20-23-19-7-5-4-6-17(19)8-11-22(23)26-24(20)16(18)2/h4-14H,1-3H3/q+1. The SMILES string of the molecule is Cc1cc[n+](C)c(-c2ccc3c(oc4ccc5ccccc5c43)c2C)c1. The summed E-state index contributed by atoms with van der Waals surface area (Å²) in [5.74, 6) is 0. The lowest BCUT2D eigenvalue weighted by Crippen LogP contribution is -2.30. The lowest BCUT2D eigenvalue weighted by atomic mass is 9.98. The molecule has 5 aromatic rings. The van der Waals surface area contributed by atoms with Crippen LogP contribution >= 0.6 is 0 Å². The fourth-order valence-electron chi connectivity index (χ4n) is 3.96. The molecule has 0 aliphatic carbocycles. The maximum atomic E-state index is 6.31. The number of nitrogens with zero attached hydrogens (tertiary/aromatic N) is 1. The van der Waals surface area contributed by atoms with Crippen molar-refractivity contribution in [2.24, 2.45) is 7.05 Å². The molecule has 0 saturated heterocycles. The Morgan fingerprint density at radius 2 is 1.69 bits per heavy atom. The molecule has 0 spiro atoms. The summed E-state index contributed by atoms with van der Waals surface area (Å²) in [7, 11) is 2.09. The number of aromatic nitrogens is 1. The highest BCUT2D eigenvalue weighted by Gasteiger charge is 2.18. The highest BCUT2D eigenvalue weighted by atomic mass is 16.3. The lowest BCUT2D eigenvalue weighted by molar-refractivity contribution is -0.660. The van der Waals surface area contributed by atoms with Gasteiger partial charge in [0.25, 0.3) is 0 Å². The molecule has 2 heteroatoms. The summed E-state index contributed by atoms with van der Waals surface area (Å²) in [6.07, 6.45) is 2.11. The number of benzene rings is 3. The summed E-state index contributed by atoms with van der Waals surface area (Å²) in [5, 5.41) is 4.89. The van der Waals surface area contributed by atoms with Crippen molar-refractivity contribution >= 4 is 32.7 Å². The van der Waals surface area contributed by atoms with Crippen LogP contribution in [0.25, 0.3) is 44.0 Å². The monoisotopic (exact) mass is 338 g/mol. The highest BCUT2D eigenvalue weighted by molar-refractivity contribution is 6.19.